The molecule has 0 radical (unpaired) electrons. The van der Waals surface area contributed by atoms with Crippen molar-refractivity contribution in [3.05, 3.63) is 0 Å². The van der Waals surface area contributed by atoms with Crippen molar-refractivity contribution in [1.82, 2.24) is 15.5 Å². The molecule has 1 amide bonds. The van der Waals surface area contributed by atoms with E-state index in [9.17, 15) is 4.79 Å². The monoisotopic (exact) mass is 239 g/mol. The molecule has 1 atom stereocenters. The molecule has 1 heterocycles. The fourth-order valence-electron chi connectivity index (χ4n) is 2.49. The van der Waals surface area contributed by atoms with Gasteiger partial charge in [0.25, 0.3) is 0 Å². The minimum atomic E-state index is 0.0183. The van der Waals surface area contributed by atoms with Gasteiger partial charge in [-0.05, 0) is 31.6 Å². The smallest absolute Gasteiger partial charge is 0.237 e. The van der Waals surface area contributed by atoms with E-state index in [0.717, 1.165) is 32.7 Å². The maximum Gasteiger partial charge on any atom is 0.237 e. The Bertz CT molecular complexity index is 270. The van der Waals surface area contributed by atoms with Gasteiger partial charge in [0.1, 0.15) is 0 Å². The first kappa shape index (κ1) is 12.8. The first-order valence-corrected chi connectivity index (χ1v) is 6.89. The average Bonchev–Trinajstić information content (AvgIpc) is 3.17. The highest BCUT2D eigenvalue weighted by atomic mass is 16.2. The molecule has 0 aromatic rings. The summed E-state index contributed by atoms with van der Waals surface area (Å²) in [7, 11) is 0. The lowest BCUT2D eigenvalue weighted by molar-refractivity contribution is -0.126. The van der Waals surface area contributed by atoms with Gasteiger partial charge in [0.15, 0.2) is 0 Å². The largest absolute Gasteiger partial charge is 0.354 e. The third-order valence-corrected chi connectivity index (χ3v) is 4.42. The Hall–Kier alpha value is -0.610. The number of hydrogen-bond donors (Lipinski definition) is 2. The topological polar surface area (TPSA) is 44.4 Å². The lowest BCUT2D eigenvalue weighted by atomic mass is 10.0. The second-order valence-electron chi connectivity index (χ2n) is 5.53. The fourth-order valence-corrected chi connectivity index (χ4v) is 2.49. The van der Waals surface area contributed by atoms with Gasteiger partial charge in [0, 0.05) is 32.7 Å². The summed E-state index contributed by atoms with van der Waals surface area (Å²) in [6.45, 7) is 9.07. The molecule has 1 aliphatic carbocycles. The summed E-state index contributed by atoms with van der Waals surface area (Å²) in [6, 6.07) is 0.0183. The Morgan fingerprint density at radius 2 is 2.06 bits per heavy atom. The van der Waals surface area contributed by atoms with E-state index in [0.29, 0.717) is 5.41 Å². The summed E-state index contributed by atoms with van der Waals surface area (Å²) in [5.74, 6) is 0.201. The van der Waals surface area contributed by atoms with Crippen molar-refractivity contribution in [2.24, 2.45) is 5.41 Å². The van der Waals surface area contributed by atoms with Crippen LogP contribution in [-0.2, 0) is 4.79 Å². The molecule has 2 aliphatic rings. The van der Waals surface area contributed by atoms with Crippen LogP contribution in [0.5, 0.6) is 0 Å². The van der Waals surface area contributed by atoms with E-state index in [-0.39, 0.29) is 11.9 Å². The van der Waals surface area contributed by atoms with Gasteiger partial charge < -0.3 is 10.6 Å². The van der Waals surface area contributed by atoms with Crippen LogP contribution in [0.25, 0.3) is 0 Å². The maximum atomic E-state index is 12.1. The summed E-state index contributed by atoms with van der Waals surface area (Å²) < 4.78 is 0. The zero-order chi connectivity index (χ0) is 12.3. The van der Waals surface area contributed by atoms with E-state index in [2.05, 4.69) is 22.5 Å². The molecule has 0 spiro atoms. The number of amides is 1. The fraction of sp³-hybridized carbons (Fsp3) is 0.923. The summed E-state index contributed by atoms with van der Waals surface area (Å²) in [4.78, 5) is 14.3. The van der Waals surface area contributed by atoms with Gasteiger partial charge in [-0.2, -0.15) is 0 Å². The molecule has 1 saturated heterocycles. The molecule has 0 aromatic carbocycles. The van der Waals surface area contributed by atoms with Crippen molar-refractivity contribution in [2.45, 2.75) is 39.2 Å². The Balaban J connectivity index is 1.74. The molecule has 98 valence electrons. The Morgan fingerprint density at radius 3 is 2.59 bits per heavy atom. The van der Waals surface area contributed by atoms with Crippen molar-refractivity contribution in [3.63, 3.8) is 0 Å². The molecule has 17 heavy (non-hydrogen) atoms. The second-order valence-corrected chi connectivity index (χ2v) is 5.53. The predicted molar refractivity (Wildman–Crippen MR) is 68.9 cm³/mol. The SMILES string of the molecule is CCC1(CNC(=O)C(C)N2CCNCC2)CC1. The number of carbonyl (C=O) groups is 1. The van der Waals surface area contributed by atoms with E-state index < -0.39 is 0 Å². The van der Waals surface area contributed by atoms with Gasteiger partial charge in [0.05, 0.1) is 6.04 Å². The van der Waals surface area contributed by atoms with Gasteiger partial charge in [-0.1, -0.05) is 6.92 Å². The second kappa shape index (κ2) is 5.36. The van der Waals surface area contributed by atoms with Crippen LogP contribution in [0.3, 0.4) is 0 Å². The Morgan fingerprint density at radius 1 is 1.41 bits per heavy atom. The van der Waals surface area contributed by atoms with E-state index in [4.69, 9.17) is 0 Å². The van der Waals surface area contributed by atoms with Crippen LogP contribution in [0.15, 0.2) is 0 Å². The summed E-state index contributed by atoms with van der Waals surface area (Å²) in [5, 5.41) is 6.44. The van der Waals surface area contributed by atoms with Crippen LogP contribution < -0.4 is 10.6 Å². The number of carbonyl (C=O) groups excluding carboxylic acids is 1. The molecule has 2 N–H and O–H groups in total. The summed E-state index contributed by atoms with van der Waals surface area (Å²) in [5.41, 5.74) is 0.443. The molecule has 1 unspecified atom stereocenters. The highest BCUT2D eigenvalue weighted by molar-refractivity contribution is 5.81. The first-order chi connectivity index (χ1) is 8.17. The zero-order valence-corrected chi connectivity index (χ0v) is 11.1. The number of rotatable bonds is 5. The summed E-state index contributed by atoms with van der Waals surface area (Å²) in [6.07, 6.45) is 3.76. The molecule has 1 aliphatic heterocycles. The summed E-state index contributed by atoms with van der Waals surface area (Å²) >= 11 is 0. The molecule has 2 rings (SSSR count). The number of nitrogens with one attached hydrogen (secondary N) is 2. The minimum Gasteiger partial charge on any atom is -0.354 e. The Kier molecular flexibility index (Phi) is 4.05. The molecule has 4 nitrogen and oxygen atoms in total. The highest BCUT2D eigenvalue weighted by Gasteiger charge is 2.41. The van der Waals surface area contributed by atoms with Gasteiger partial charge in [-0.3, -0.25) is 9.69 Å². The minimum absolute atomic E-state index is 0.0183. The Labute approximate surface area is 104 Å². The van der Waals surface area contributed by atoms with Crippen LogP contribution in [0.2, 0.25) is 0 Å². The van der Waals surface area contributed by atoms with Crippen molar-refractivity contribution in [1.29, 1.82) is 0 Å². The third-order valence-electron chi connectivity index (χ3n) is 4.42. The lowest BCUT2D eigenvalue weighted by Gasteiger charge is -2.32. The van der Waals surface area contributed by atoms with Gasteiger partial charge in [0.2, 0.25) is 5.91 Å². The van der Waals surface area contributed by atoms with Crippen LogP contribution in [0.1, 0.15) is 33.1 Å². The van der Waals surface area contributed by atoms with E-state index >= 15 is 0 Å². The third kappa shape index (κ3) is 3.19. The maximum absolute atomic E-state index is 12.1. The average molecular weight is 239 g/mol. The van der Waals surface area contributed by atoms with Crippen molar-refractivity contribution in [2.75, 3.05) is 32.7 Å². The van der Waals surface area contributed by atoms with Gasteiger partial charge in [-0.15, -0.1) is 0 Å². The van der Waals surface area contributed by atoms with Gasteiger partial charge in [-0.25, -0.2) is 0 Å². The highest BCUT2D eigenvalue weighted by Crippen LogP contribution is 2.47. The van der Waals surface area contributed by atoms with Crippen molar-refractivity contribution in [3.8, 4) is 0 Å². The van der Waals surface area contributed by atoms with Gasteiger partial charge >= 0.3 is 0 Å². The quantitative estimate of drug-likeness (QED) is 0.738. The number of piperazine rings is 1. The molecule has 4 heteroatoms. The van der Waals surface area contributed by atoms with Crippen LogP contribution in [0, 0.1) is 5.41 Å². The lowest BCUT2D eigenvalue weighted by Crippen LogP contribution is -2.53. The first-order valence-electron chi connectivity index (χ1n) is 6.89. The molecule has 1 saturated carbocycles. The molecule has 0 aromatic heterocycles. The number of hydrogen-bond acceptors (Lipinski definition) is 3. The van der Waals surface area contributed by atoms with E-state index in [1.165, 1.54) is 19.3 Å². The van der Waals surface area contributed by atoms with Crippen LogP contribution in [0.4, 0.5) is 0 Å². The molecule has 0 bridgehead atoms. The zero-order valence-electron chi connectivity index (χ0n) is 11.1. The predicted octanol–water partition coefficient (Wildman–Crippen LogP) is 0.587. The number of nitrogens with zero attached hydrogens (tertiary/aromatic N) is 1. The van der Waals surface area contributed by atoms with E-state index in [1.54, 1.807) is 0 Å². The standard InChI is InChI=1S/C13H25N3O/c1-3-13(4-5-13)10-15-12(17)11(2)16-8-6-14-7-9-16/h11,14H,3-10H2,1-2H3,(H,15,17). The van der Waals surface area contributed by atoms with Crippen LogP contribution >= 0.6 is 0 Å². The normalized spacial score (nSPS) is 25.3. The van der Waals surface area contributed by atoms with Crippen molar-refractivity contribution < 1.29 is 4.79 Å². The molecular formula is C13H25N3O. The van der Waals surface area contributed by atoms with Crippen LogP contribution in [-0.4, -0.2) is 49.6 Å². The molecular weight excluding hydrogens is 214 g/mol. The van der Waals surface area contributed by atoms with Crippen molar-refractivity contribution >= 4 is 5.91 Å². The molecule has 2 fully saturated rings. The van der Waals surface area contributed by atoms with E-state index in [1.807, 2.05) is 6.92 Å².